The number of amides is 1. The Morgan fingerprint density at radius 3 is 2.59 bits per heavy atom. The number of anilines is 1. The Morgan fingerprint density at radius 1 is 1.17 bits per heavy atom. The molecule has 6 nitrogen and oxygen atoms in total. The molecule has 1 heterocycles. The summed E-state index contributed by atoms with van der Waals surface area (Å²) in [6.07, 6.45) is 3.77. The van der Waals surface area contributed by atoms with Crippen LogP contribution in [0.1, 0.15) is 20.8 Å². The van der Waals surface area contributed by atoms with Crippen LogP contribution in [0, 0.1) is 0 Å². The summed E-state index contributed by atoms with van der Waals surface area (Å²) in [5.74, 6) is -0.369. The van der Waals surface area contributed by atoms with E-state index in [1.807, 2.05) is 24.3 Å². The first-order chi connectivity index (χ1) is 13.9. The number of nitrogens with one attached hydrogen (secondary N) is 2. The quantitative estimate of drug-likeness (QED) is 0.509. The zero-order chi connectivity index (χ0) is 20.9. The molecule has 3 rings (SSSR count). The lowest BCUT2D eigenvalue weighted by Crippen LogP contribution is -2.23. The molecule has 0 aliphatic carbocycles. The van der Waals surface area contributed by atoms with Gasteiger partial charge in [-0.2, -0.15) is 0 Å². The summed E-state index contributed by atoms with van der Waals surface area (Å²) in [5, 5.41) is 3.87. The molecule has 1 aromatic heterocycles. The lowest BCUT2D eigenvalue weighted by molar-refractivity contribution is 0.102. The molecule has 0 spiro atoms. The SMILES string of the molecule is C=CCNS(=O)(=O)c1ccc(C(=O)Nc2ncc(Cc3ccccc3Cl)s2)cc1. The van der Waals surface area contributed by atoms with Crippen LogP contribution in [0.15, 0.2) is 72.3 Å². The highest BCUT2D eigenvalue weighted by Gasteiger charge is 2.15. The molecule has 29 heavy (non-hydrogen) atoms. The van der Waals surface area contributed by atoms with Crippen molar-refractivity contribution in [2.45, 2.75) is 11.3 Å². The molecule has 2 aromatic carbocycles. The van der Waals surface area contributed by atoms with E-state index in [1.54, 1.807) is 6.20 Å². The fourth-order valence-electron chi connectivity index (χ4n) is 2.48. The van der Waals surface area contributed by atoms with E-state index in [4.69, 9.17) is 11.6 Å². The van der Waals surface area contributed by atoms with Crippen molar-refractivity contribution in [3.05, 3.63) is 88.4 Å². The van der Waals surface area contributed by atoms with Crippen LogP contribution in [-0.4, -0.2) is 25.9 Å². The molecule has 0 unspecified atom stereocenters. The minimum absolute atomic E-state index is 0.0761. The van der Waals surface area contributed by atoms with Crippen LogP contribution in [0.25, 0.3) is 0 Å². The van der Waals surface area contributed by atoms with Crippen LogP contribution in [0.4, 0.5) is 5.13 Å². The molecule has 0 saturated carbocycles. The number of aromatic nitrogens is 1. The number of hydrogen-bond acceptors (Lipinski definition) is 5. The maximum atomic E-state index is 12.4. The lowest BCUT2D eigenvalue weighted by Gasteiger charge is -2.06. The van der Waals surface area contributed by atoms with E-state index < -0.39 is 10.0 Å². The van der Waals surface area contributed by atoms with Crippen molar-refractivity contribution in [3.63, 3.8) is 0 Å². The molecule has 0 atom stereocenters. The van der Waals surface area contributed by atoms with Gasteiger partial charge in [0.25, 0.3) is 5.91 Å². The Morgan fingerprint density at radius 2 is 1.90 bits per heavy atom. The normalized spacial score (nSPS) is 11.2. The summed E-state index contributed by atoms with van der Waals surface area (Å²) in [7, 11) is -3.63. The van der Waals surface area contributed by atoms with Gasteiger partial charge in [0.15, 0.2) is 5.13 Å². The average molecular weight is 448 g/mol. The van der Waals surface area contributed by atoms with E-state index in [1.165, 1.54) is 41.7 Å². The molecule has 3 aromatic rings. The molecular formula is C20H18ClN3O3S2. The highest BCUT2D eigenvalue weighted by atomic mass is 35.5. The van der Waals surface area contributed by atoms with E-state index in [0.717, 1.165) is 10.4 Å². The van der Waals surface area contributed by atoms with Crippen molar-refractivity contribution >= 4 is 44.0 Å². The van der Waals surface area contributed by atoms with Crippen molar-refractivity contribution < 1.29 is 13.2 Å². The third-order valence-corrected chi connectivity index (χ3v) is 6.66. The number of sulfonamides is 1. The summed E-state index contributed by atoms with van der Waals surface area (Å²) in [6.45, 7) is 3.60. The van der Waals surface area contributed by atoms with Gasteiger partial charge in [-0.25, -0.2) is 18.1 Å². The van der Waals surface area contributed by atoms with Crippen LogP contribution in [0.2, 0.25) is 5.02 Å². The van der Waals surface area contributed by atoms with Gasteiger partial charge in [0.2, 0.25) is 10.0 Å². The van der Waals surface area contributed by atoms with E-state index >= 15 is 0 Å². The van der Waals surface area contributed by atoms with E-state index in [0.29, 0.717) is 22.1 Å². The maximum Gasteiger partial charge on any atom is 0.257 e. The summed E-state index contributed by atoms with van der Waals surface area (Å²) in [6, 6.07) is 13.2. The van der Waals surface area contributed by atoms with Gasteiger partial charge in [-0.1, -0.05) is 35.9 Å². The molecule has 0 radical (unpaired) electrons. The van der Waals surface area contributed by atoms with E-state index in [9.17, 15) is 13.2 Å². The predicted molar refractivity (Wildman–Crippen MR) is 116 cm³/mol. The second-order valence-corrected chi connectivity index (χ2v) is 9.31. The zero-order valence-electron chi connectivity index (χ0n) is 15.3. The number of rotatable bonds is 8. The number of carbonyl (C=O) groups is 1. The van der Waals surface area contributed by atoms with Crippen molar-refractivity contribution in [2.24, 2.45) is 0 Å². The molecule has 0 saturated heterocycles. The standard InChI is InChI=1S/C20H18ClN3O3S2/c1-2-11-23-29(26,27)17-9-7-14(8-10-17)19(25)24-20-22-13-16(28-20)12-15-5-3-4-6-18(15)21/h2-10,13,23H,1,11-12H2,(H,22,24,25). The molecule has 1 amide bonds. The van der Waals surface area contributed by atoms with Gasteiger partial charge in [0.05, 0.1) is 4.90 Å². The third-order valence-electron chi connectivity index (χ3n) is 3.94. The average Bonchev–Trinajstić information content (AvgIpc) is 3.15. The second kappa shape index (κ2) is 9.32. The summed E-state index contributed by atoms with van der Waals surface area (Å²) in [5.41, 5.74) is 1.31. The van der Waals surface area contributed by atoms with Crippen molar-refractivity contribution in [1.29, 1.82) is 0 Å². The fraction of sp³-hybridized carbons (Fsp3) is 0.100. The summed E-state index contributed by atoms with van der Waals surface area (Å²) < 4.78 is 26.5. The monoisotopic (exact) mass is 447 g/mol. The molecule has 2 N–H and O–H groups in total. The van der Waals surface area contributed by atoms with Gasteiger partial charge in [-0.3, -0.25) is 10.1 Å². The third kappa shape index (κ3) is 5.51. The van der Waals surface area contributed by atoms with Crippen molar-refractivity contribution in [3.8, 4) is 0 Å². The van der Waals surface area contributed by atoms with Gasteiger partial charge in [-0.05, 0) is 35.9 Å². The van der Waals surface area contributed by atoms with Crippen LogP contribution in [-0.2, 0) is 16.4 Å². The van der Waals surface area contributed by atoms with Crippen LogP contribution >= 0.6 is 22.9 Å². The van der Waals surface area contributed by atoms with Crippen molar-refractivity contribution in [2.75, 3.05) is 11.9 Å². The highest BCUT2D eigenvalue weighted by Crippen LogP contribution is 2.25. The van der Waals surface area contributed by atoms with E-state index in [-0.39, 0.29) is 17.3 Å². The second-order valence-electron chi connectivity index (χ2n) is 6.02. The number of halogens is 1. The van der Waals surface area contributed by atoms with Gasteiger partial charge < -0.3 is 0 Å². The number of benzene rings is 2. The largest absolute Gasteiger partial charge is 0.298 e. The molecular weight excluding hydrogens is 430 g/mol. The smallest absolute Gasteiger partial charge is 0.257 e. The molecule has 0 aliphatic heterocycles. The topological polar surface area (TPSA) is 88.2 Å². The van der Waals surface area contributed by atoms with Crippen LogP contribution < -0.4 is 10.0 Å². The molecule has 0 fully saturated rings. The highest BCUT2D eigenvalue weighted by molar-refractivity contribution is 7.89. The maximum absolute atomic E-state index is 12.4. The van der Waals surface area contributed by atoms with Gasteiger partial charge in [0.1, 0.15) is 0 Å². The Bertz CT molecular complexity index is 1130. The first kappa shape index (κ1) is 21.2. The first-order valence-electron chi connectivity index (χ1n) is 8.59. The number of hydrogen-bond donors (Lipinski definition) is 2. The lowest BCUT2D eigenvalue weighted by atomic mass is 10.1. The number of thiazole rings is 1. The Kier molecular flexibility index (Phi) is 6.81. The van der Waals surface area contributed by atoms with Gasteiger partial charge in [-0.15, -0.1) is 17.9 Å². The number of nitrogens with zero attached hydrogens (tertiary/aromatic N) is 1. The predicted octanol–water partition coefficient (Wildman–Crippen LogP) is 4.10. The minimum Gasteiger partial charge on any atom is -0.298 e. The van der Waals surface area contributed by atoms with Crippen LogP contribution in [0.3, 0.4) is 0 Å². The van der Waals surface area contributed by atoms with Gasteiger partial charge >= 0.3 is 0 Å². The molecule has 0 bridgehead atoms. The zero-order valence-corrected chi connectivity index (χ0v) is 17.7. The van der Waals surface area contributed by atoms with Crippen molar-refractivity contribution in [1.82, 2.24) is 9.71 Å². The molecule has 9 heteroatoms. The summed E-state index contributed by atoms with van der Waals surface area (Å²) >= 11 is 7.54. The summed E-state index contributed by atoms with van der Waals surface area (Å²) in [4.78, 5) is 17.7. The Hall–Kier alpha value is -2.52. The minimum atomic E-state index is -3.63. The Balaban J connectivity index is 1.66. The van der Waals surface area contributed by atoms with E-state index in [2.05, 4.69) is 21.6 Å². The van der Waals surface area contributed by atoms with Gasteiger partial charge in [0, 0.05) is 34.6 Å². The fourth-order valence-corrected chi connectivity index (χ4v) is 4.51. The first-order valence-corrected chi connectivity index (χ1v) is 11.3. The Labute approximate surface area is 178 Å². The van der Waals surface area contributed by atoms with Crippen LogP contribution in [0.5, 0.6) is 0 Å². The molecule has 150 valence electrons. The molecule has 0 aliphatic rings. The number of carbonyl (C=O) groups excluding carboxylic acids is 1.